The first-order chi connectivity index (χ1) is 16.1. The van der Waals surface area contributed by atoms with Gasteiger partial charge in [-0.05, 0) is 64.8 Å². The predicted octanol–water partition coefficient (Wildman–Crippen LogP) is 3.59. The SMILES string of the molecule is CCN(C(=O)c1ccc(-c2nc(COC3CCN(C(=O)OC(C)(C)C)CC3)no2)cc1)N(C)C. The van der Waals surface area contributed by atoms with Crippen molar-refractivity contribution in [3.8, 4) is 11.5 Å². The highest BCUT2D eigenvalue weighted by Crippen LogP contribution is 2.21. The van der Waals surface area contributed by atoms with E-state index in [1.54, 1.807) is 39.2 Å². The lowest BCUT2D eigenvalue weighted by molar-refractivity contribution is -0.0190. The van der Waals surface area contributed by atoms with Crippen LogP contribution in [0.1, 0.15) is 56.7 Å². The molecule has 1 fully saturated rings. The molecule has 0 radical (unpaired) electrons. The summed E-state index contributed by atoms with van der Waals surface area (Å²) in [7, 11) is 3.67. The number of hydrazine groups is 1. The molecule has 0 saturated carbocycles. The molecular weight excluding hydrogens is 438 g/mol. The van der Waals surface area contributed by atoms with E-state index in [4.69, 9.17) is 14.0 Å². The van der Waals surface area contributed by atoms with E-state index in [2.05, 4.69) is 10.1 Å². The van der Waals surface area contributed by atoms with Gasteiger partial charge in [-0.25, -0.2) is 9.80 Å². The van der Waals surface area contributed by atoms with Crippen molar-refractivity contribution in [2.45, 2.75) is 58.8 Å². The highest BCUT2D eigenvalue weighted by molar-refractivity contribution is 5.94. The second-order valence-corrected chi connectivity index (χ2v) is 9.44. The number of nitrogens with zero attached hydrogens (tertiary/aromatic N) is 5. The van der Waals surface area contributed by atoms with Crippen molar-refractivity contribution in [1.29, 1.82) is 0 Å². The van der Waals surface area contributed by atoms with E-state index in [9.17, 15) is 9.59 Å². The minimum Gasteiger partial charge on any atom is -0.444 e. The summed E-state index contributed by atoms with van der Waals surface area (Å²) in [6.07, 6.45) is 1.18. The van der Waals surface area contributed by atoms with Gasteiger partial charge < -0.3 is 18.9 Å². The van der Waals surface area contributed by atoms with Crippen LogP contribution in [0, 0.1) is 0 Å². The molecule has 2 heterocycles. The first-order valence-electron chi connectivity index (χ1n) is 11.6. The van der Waals surface area contributed by atoms with Crippen LogP contribution in [0.3, 0.4) is 0 Å². The number of carbonyl (C=O) groups is 2. The molecule has 2 amide bonds. The van der Waals surface area contributed by atoms with E-state index in [-0.39, 0.29) is 24.7 Å². The molecule has 0 N–H and O–H groups in total. The Kier molecular flexibility index (Phi) is 8.27. The third kappa shape index (κ3) is 6.77. The van der Waals surface area contributed by atoms with E-state index < -0.39 is 5.60 Å². The standard InChI is InChI=1S/C24H35N5O5/c1-7-29(27(5)6)22(30)18-10-8-17(9-11-18)21-25-20(26-34-21)16-32-19-12-14-28(15-13-19)23(31)33-24(2,3)4/h8-11,19H,7,12-16H2,1-6H3. The summed E-state index contributed by atoms with van der Waals surface area (Å²) in [5, 5.41) is 7.42. The van der Waals surface area contributed by atoms with Gasteiger partial charge in [0, 0.05) is 44.9 Å². The van der Waals surface area contributed by atoms with Crippen LogP contribution in [0.4, 0.5) is 4.79 Å². The van der Waals surface area contributed by atoms with E-state index in [0.717, 1.165) is 18.4 Å². The maximum Gasteiger partial charge on any atom is 0.410 e. The van der Waals surface area contributed by atoms with E-state index in [0.29, 0.717) is 36.9 Å². The van der Waals surface area contributed by atoms with Crippen LogP contribution in [-0.2, 0) is 16.1 Å². The van der Waals surface area contributed by atoms with Gasteiger partial charge in [0.15, 0.2) is 5.82 Å². The first-order valence-corrected chi connectivity index (χ1v) is 11.6. The van der Waals surface area contributed by atoms with E-state index in [1.165, 1.54) is 0 Å². The Morgan fingerprint density at radius 2 is 1.79 bits per heavy atom. The van der Waals surface area contributed by atoms with Crippen LogP contribution in [0.15, 0.2) is 28.8 Å². The van der Waals surface area contributed by atoms with Gasteiger partial charge in [0.2, 0.25) is 0 Å². The van der Waals surface area contributed by atoms with Crippen molar-refractivity contribution < 1.29 is 23.6 Å². The number of rotatable bonds is 7. The maximum absolute atomic E-state index is 12.6. The van der Waals surface area contributed by atoms with Crippen LogP contribution >= 0.6 is 0 Å². The van der Waals surface area contributed by atoms with Crippen LogP contribution < -0.4 is 0 Å². The molecule has 0 atom stereocenters. The minimum absolute atomic E-state index is 0.0177. The van der Waals surface area contributed by atoms with Crippen molar-refractivity contribution in [3.63, 3.8) is 0 Å². The Hall–Kier alpha value is -2.98. The van der Waals surface area contributed by atoms with Gasteiger partial charge in [-0.15, -0.1) is 0 Å². The summed E-state index contributed by atoms with van der Waals surface area (Å²) >= 11 is 0. The lowest BCUT2D eigenvalue weighted by atomic mass is 10.1. The third-order valence-corrected chi connectivity index (χ3v) is 5.41. The third-order valence-electron chi connectivity index (χ3n) is 5.41. The molecule has 1 aromatic heterocycles. The first kappa shape index (κ1) is 25.6. The second-order valence-electron chi connectivity index (χ2n) is 9.44. The molecular formula is C24H35N5O5. The number of aromatic nitrogens is 2. The van der Waals surface area contributed by atoms with Crippen molar-refractivity contribution in [2.24, 2.45) is 0 Å². The fourth-order valence-electron chi connectivity index (χ4n) is 3.67. The van der Waals surface area contributed by atoms with Gasteiger partial charge >= 0.3 is 6.09 Å². The number of hydrogen-bond acceptors (Lipinski definition) is 8. The van der Waals surface area contributed by atoms with E-state index in [1.807, 2.05) is 41.8 Å². The molecule has 186 valence electrons. The Morgan fingerprint density at radius 3 is 2.35 bits per heavy atom. The van der Waals surface area contributed by atoms with Crippen molar-refractivity contribution >= 4 is 12.0 Å². The molecule has 1 saturated heterocycles. The van der Waals surface area contributed by atoms with Crippen molar-refractivity contribution in [1.82, 2.24) is 25.1 Å². The highest BCUT2D eigenvalue weighted by atomic mass is 16.6. The topological polar surface area (TPSA) is 101 Å². The Bertz CT molecular complexity index is 959. The normalized spacial score (nSPS) is 15.0. The zero-order chi connectivity index (χ0) is 24.9. The monoisotopic (exact) mass is 473 g/mol. The fraction of sp³-hybridized carbons (Fsp3) is 0.583. The summed E-state index contributed by atoms with van der Waals surface area (Å²) in [4.78, 5) is 30.9. The summed E-state index contributed by atoms with van der Waals surface area (Å²) < 4.78 is 16.7. The lowest BCUT2D eigenvalue weighted by Crippen LogP contribution is -2.43. The minimum atomic E-state index is -0.501. The zero-order valence-electron chi connectivity index (χ0n) is 20.9. The van der Waals surface area contributed by atoms with Crippen molar-refractivity contribution in [2.75, 3.05) is 33.7 Å². The van der Waals surface area contributed by atoms with Gasteiger partial charge in [-0.2, -0.15) is 4.98 Å². The molecule has 3 rings (SSSR count). The smallest absolute Gasteiger partial charge is 0.410 e. The van der Waals surface area contributed by atoms with Gasteiger partial charge in [0.25, 0.3) is 11.8 Å². The molecule has 2 aromatic rings. The zero-order valence-corrected chi connectivity index (χ0v) is 20.9. The summed E-state index contributed by atoms with van der Waals surface area (Å²) in [5.41, 5.74) is 0.813. The summed E-state index contributed by atoms with van der Waals surface area (Å²) in [6, 6.07) is 7.09. The average Bonchev–Trinajstić information content (AvgIpc) is 3.26. The molecule has 0 bridgehead atoms. The number of ether oxygens (including phenoxy) is 2. The number of carbonyl (C=O) groups excluding carboxylic acids is 2. The molecule has 10 heteroatoms. The molecule has 34 heavy (non-hydrogen) atoms. The molecule has 1 aromatic carbocycles. The Morgan fingerprint density at radius 1 is 1.15 bits per heavy atom. The molecule has 0 unspecified atom stereocenters. The van der Waals surface area contributed by atoms with Gasteiger partial charge in [-0.1, -0.05) is 5.16 Å². The molecule has 0 aliphatic carbocycles. The average molecular weight is 474 g/mol. The summed E-state index contributed by atoms with van der Waals surface area (Å²) in [6.45, 7) is 9.50. The molecule has 0 spiro atoms. The van der Waals surface area contributed by atoms with Crippen LogP contribution in [-0.4, -0.2) is 82.5 Å². The number of likely N-dealkylation sites (tertiary alicyclic amines) is 1. The van der Waals surface area contributed by atoms with Crippen molar-refractivity contribution in [3.05, 3.63) is 35.7 Å². The quantitative estimate of drug-likeness (QED) is 0.563. The van der Waals surface area contributed by atoms with Gasteiger partial charge in [0.1, 0.15) is 12.2 Å². The predicted molar refractivity (Wildman–Crippen MR) is 126 cm³/mol. The molecule has 1 aliphatic rings. The summed E-state index contributed by atoms with van der Waals surface area (Å²) in [5.74, 6) is 0.753. The second kappa shape index (κ2) is 11.0. The van der Waals surface area contributed by atoms with E-state index >= 15 is 0 Å². The molecule has 1 aliphatic heterocycles. The van der Waals surface area contributed by atoms with Crippen LogP contribution in [0.5, 0.6) is 0 Å². The number of piperidine rings is 1. The van der Waals surface area contributed by atoms with Gasteiger partial charge in [-0.3, -0.25) is 9.80 Å². The maximum atomic E-state index is 12.6. The lowest BCUT2D eigenvalue weighted by Gasteiger charge is -2.33. The largest absolute Gasteiger partial charge is 0.444 e. The van der Waals surface area contributed by atoms with Gasteiger partial charge in [0.05, 0.1) is 6.10 Å². The Balaban J connectivity index is 1.50. The Labute approximate surface area is 200 Å². The van der Waals surface area contributed by atoms with Crippen LogP contribution in [0.25, 0.3) is 11.5 Å². The highest BCUT2D eigenvalue weighted by Gasteiger charge is 2.27. The fourth-order valence-corrected chi connectivity index (χ4v) is 3.67. The number of benzene rings is 1. The molecule has 10 nitrogen and oxygen atoms in total. The van der Waals surface area contributed by atoms with Crippen LogP contribution in [0.2, 0.25) is 0 Å². The number of hydrogen-bond donors (Lipinski definition) is 0. The number of amides is 2.